The summed E-state index contributed by atoms with van der Waals surface area (Å²) in [4.78, 5) is 12.1. The maximum absolute atomic E-state index is 12.1. The van der Waals surface area contributed by atoms with Crippen molar-refractivity contribution in [1.29, 1.82) is 0 Å². The quantitative estimate of drug-likeness (QED) is 0.596. The lowest BCUT2D eigenvalue weighted by Crippen LogP contribution is -1.96. The van der Waals surface area contributed by atoms with Gasteiger partial charge in [-0.2, -0.15) is 0 Å². The van der Waals surface area contributed by atoms with Crippen molar-refractivity contribution >= 4 is 11.9 Å². The van der Waals surface area contributed by atoms with E-state index in [4.69, 9.17) is 4.74 Å². The molecule has 0 bridgehead atoms. The summed E-state index contributed by atoms with van der Waals surface area (Å²) in [6.45, 7) is 4.55. The first-order chi connectivity index (χ1) is 9.70. The smallest absolute Gasteiger partial charge is 0.186 e. The van der Waals surface area contributed by atoms with E-state index in [9.17, 15) is 4.79 Å². The molecular weight excluding hydrogens is 248 g/mol. The second-order valence-corrected chi connectivity index (χ2v) is 4.51. The van der Waals surface area contributed by atoms with Crippen molar-refractivity contribution in [3.8, 4) is 5.75 Å². The molecule has 0 unspecified atom stereocenters. The topological polar surface area (TPSA) is 26.3 Å². The van der Waals surface area contributed by atoms with Crippen LogP contribution in [0.4, 0.5) is 0 Å². The largest absolute Gasteiger partial charge is 0.494 e. The number of aryl methyl sites for hydroxylation is 1. The van der Waals surface area contributed by atoms with E-state index in [1.165, 1.54) is 0 Å². The van der Waals surface area contributed by atoms with Crippen LogP contribution in [0.2, 0.25) is 0 Å². The van der Waals surface area contributed by atoms with Gasteiger partial charge in [0.15, 0.2) is 5.78 Å². The van der Waals surface area contributed by atoms with Gasteiger partial charge < -0.3 is 4.74 Å². The zero-order valence-electron chi connectivity index (χ0n) is 11.8. The molecule has 2 heteroatoms. The minimum absolute atomic E-state index is 0.0250. The van der Waals surface area contributed by atoms with Crippen molar-refractivity contribution in [2.75, 3.05) is 6.61 Å². The Morgan fingerprint density at radius 3 is 2.45 bits per heavy atom. The lowest BCUT2D eigenvalue weighted by Gasteiger charge is -2.02. The third-order valence-corrected chi connectivity index (χ3v) is 3.03. The number of ether oxygens (including phenoxy) is 1. The van der Waals surface area contributed by atoms with Gasteiger partial charge in [-0.15, -0.1) is 0 Å². The van der Waals surface area contributed by atoms with Crippen LogP contribution in [0.3, 0.4) is 0 Å². The van der Waals surface area contributed by atoms with E-state index in [1.54, 1.807) is 6.08 Å². The number of carbonyl (C=O) groups excluding carboxylic acids is 1. The normalized spacial score (nSPS) is 10.7. The van der Waals surface area contributed by atoms with Crippen molar-refractivity contribution in [2.45, 2.75) is 13.8 Å². The molecule has 0 aromatic heterocycles. The van der Waals surface area contributed by atoms with Gasteiger partial charge in [0.2, 0.25) is 0 Å². The molecule has 2 nitrogen and oxygen atoms in total. The van der Waals surface area contributed by atoms with E-state index >= 15 is 0 Å². The van der Waals surface area contributed by atoms with Crippen LogP contribution in [-0.2, 0) is 0 Å². The molecule has 0 N–H and O–H groups in total. The van der Waals surface area contributed by atoms with Gasteiger partial charge in [0.25, 0.3) is 0 Å². The number of hydrogen-bond acceptors (Lipinski definition) is 2. The average molecular weight is 266 g/mol. The number of allylic oxidation sites excluding steroid dienone is 1. The van der Waals surface area contributed by atoms with Crippen LogP contribution in [0, 0.1) is 6.92 Å². The van der Waals surface area contributed by atoms with Gasteiger partial charge >= 0.3 is 0 Å². The summed E-state index contributed by atoms with van der Waals surface area (Å²) in [5.41, 5.74) is 2.72. The van der Waals surface area contributed by atoms with Gasteiger partial charge in [0.1, 0.15) is 5.75 Å². The summed E-state index contributed by atoms with van der Waals surface area (Å²) >= 11 is 0. The van der Waals surface area contributed by atoms with Gasteiger partial charge in [-0.1, -0.05) is 42.5 Å². The monoisotopic (exact) mass is 266 g/mol. The SMILES string of the molecule is CCOc1ccc(C=CC(=O)c2ccccc2C)cc1. The standard InChI is InChI=1S/C18H18O2/c1-3-20-16-11-8-15(9-12-16)10-13-18(19)17-7-5-4-6-14(17)2/h4-13H,3H2,1-2H3. The second-order valence-electron chi connectivity index (χ2n) is 4.51. The third-order valence-electron chi connectivity index (χ3n) is 3.03. The molecule has 2 aromatic rings. The Hall–Kier alpha value is -2.35. The molecule has 102 valence electrons. The first kappa shape index (κ1) is 14.1. The summed E-state index contributed by atoms with van der Waals surface area (Å²) in [5, 5.41) is 0. The Bertz CT molecular complexity index is 610. The Labute approximate surface area is 119 Å². The fraction of sp³-hybridized carbons (Fsp3) is 0.167. The Kier molecular flexibility index (Phi) is 4.72. The molecule has 0 saturated heterocycles. The van der Waals surface area contributed by atoms with Gasteiger partial charge in [-0.3, -0.25) is 4.79 Å². The number of rotatable bonds is 5. The molecule has 0 aliphatic rings. The zero-order valence-corrected chi connectivity index (χ0v) is 11.8. The van der Waals surface area contributed by atoms with Crippen molar-refractivity contribution in [3.05, 3.63) is 71.3 Å². The van der Waals surface area contributed by atoms with Crippen molar-refractivity contribution in [2.24, 2.45) is 0 Å². The van der Waals surface area contributed by atoms with Crippen LogP contribution >= 0.6 is 0 Å². The molecule has 0 amide bonds. The van der Waals surface area contributed by atoms with E-state index in [1.807, 2.05) is 68.5 Å². The van der Waals surface area contributed by atoms with Crippen LogP contribution < -0.4 is 4.74 Å². The molecule has 0 saturated carbocycles. The molecule has 2 aromatic carbocycles. The molecular formula is C18H18O2. The molecule has 0 radical (unpaired) electrons. The van der Waals surface area contributed by atoms with Gasteiger partial charge in [-0.25, -0.2) is 0 Å². The summed E-state index contributed by atoms with van der Waals surface area (Å²) in [7, 11) is 0. The highest BCUT2D eigenvalue weighted by Gasteiger charge is 2.03. The van der Waals surface area contributed by atoms with Crippen LogP contribution in [0.25, 0.3) is 6.08 Å². The van der Waals surface area contributed by atoms with Crippen molar-refractivity contribution in [1.82, 2.24) is 0 Å². The molecule has 0 heterocycles. The first-order valence-corrected chi connectivity index (χ1v) is 6.71. The highest BCUT2D eigenvalue weighted by molar-refractivity contribution is 6.07. The van der Waals surface area contributed by atoms with Crippen LogP contribution in [0.5, 0.6) is 5.75 Å². The highest BCUT2D eigenvalue weighted by atomic mass is 16.5. The molecule has 20 heavy (non-hydrogen) atoms. The molecule has 0 spiro atoms. The zero-order chi connectivity index (χ0) is 14.4. The summed E-state index contributed by atoms with van der Waals surface area (Å²) in [5.74, 6) is 0.867. The third kappa shape index (κ3) is 3.58. The lowest BCUT2D eigenvalue weighted by molar-refractivity contribution is 0.104. The summed E-state index contributed by atoms with van der Waals surface area (Å²) < 4.78 is 5.38. The van der Waals surface area contributed by atoms with Crippen molar-refractivity contribution in [3.63, 3.8) is 0 Å². The summed E-state index contributed by atoms with van der Waals surface area (Å²) in [6, 6.07) is 15.3. The average Bonchev–Trinajstić information content (AvgIpc) is 2.47. The lowest BCUT2D eigenvalue weighted by atomic mass is 10.0. The maximum atomic E-state index is 12.1. The Balaban J connectivity index is 2.09. The molecule has 0 atom stereocenters. The fourth-order valence-corrected chi connectivity index (χ4v) is 1.95. The Morgan fingerprint density at radius 1 is 1.10 bits per heavy atom. The number of carbonyl (C=O) groups is 1. The first-order valence-electron chi connectivity index (χ1n) is 6.71. The highest BCUT2D eigenvalue weighted by Crippen LogP contribution is 2.14. The number of ketones is 1. The van der Waals surface area contributed by atoms with Crippen molar-refractivity contribution < 1.29 is 9.53 Å². The van der Waals surface area contributed by atoms with E-state index in [0.29, 0.717) is 6.61 Å². The number of hydrogen-bond donors (Lipinski definition) is 0. The predicted molar refractivity (Wildman–Crippen MR) is 82.2 cm³/mol. The van der Waals surface area contributed by atoms with Crippen LogP contribution in [-0.4, -0.2) is 12.4 Å². The maximum Gasteiger partial charge on any atom is 0.186 e. The molecule has 2 rings (SSSR count). The van der Waals surface area contributed by atoms with Gasteiger partial charge in [0, 0.05) is 5.56 Å². The van der Waals surface area contributed by atoms with E-state index in [2.05, 4.69) is 0 Å². The Morgan fingerprint density at radius 2 is 1.80 bits per heavy atom. The molecule has 0 aliphatic heterocycles. The second kappa shape index (κ2) is 6.71. The number of benzene rings is 2. The fourth-order valence-electron chi connectivity index (χ4n) is 1.95. The summed E-state index contributed by atoms with van der Waals surface area (Å²) in [6.07, 6.45) is 3.43. The van der Waals surface area contributed by atoms with E-state index in [-0.39, 0.29) is 5.78 Å². The predicted octanol–water partition coefficient (Wildman–Crippen LogP) is 4.29. The molecule has 0 aliphatic carbocycles. The van der Waals surface area contributed by atoms with E-state index < -0.39 is 0 Å². The van der Waals surface area contributed by atoms with Crippen LogP contribution in [0.1, 0.15) is 28.4 Å². The van der Waals surface area contributed by atoms with E-state index in [0.717, 1.165) is 22.4 Å². The molecule has 0 fully saturated rings. The van der Waals surface area contributed by atoms with Gasteiger partial charge in [-0.05, 0) is 43.2 Å². The minimum atomic E-state index is 0.0250. The van der Waals surface area contributed by atoms with Crippen LogP contribution in [0.15, 0.2) is 54.6 Å². The minimum Gasteiger partial charge on any atom is -0.494 e. The van der Waals surface area contributed by atoms with Gasteiger partial charge in [0.05, 0.1) is 6.61 Å².